The first-order valence-corrected chi connectivity index (χ1v) is 8.44. The molecule has 3 rings (SSSR count). The second-order valence-electron chi connectivity index (χ2n) is 6.71. The fraction of sp³-hybridized carbons (Fsp3) is 0.667. The Kier molecular flexibility index (Phi) is 4.81. The maximum Gasteiger partial charge on any atom is 0.0568 e. The number of benzene rings is 1. The first-order chi connectivity index (χ1) is 10.2. The highest BCUT2D eigenvalue weighted by Gasteiger charge is 2.26. The molecule has 0 bridgehead atoms. The number of aryl methyl sites for hydroxylation is 1. The number of rotatable bonds is 4. The van der Waals surface area contributed by atoms with E-state index in [2.05, 4.69) is 41.0 Å². The van der Waals surface area contributed by atoms with Crippen molar-refractivity contribution in [2.45, 2.75) is 38.7 Å². The molecule has 2 atom stereocenters. The van der Waals surface area contributed by atoms with Crippen LogP contribution in [0.15, 0.2) is 24.3 Å². The van der Waals surface area contributed by atoms with Gasteiger partial charge in [-0.3, -0.25) is 4.90 Å². The molecule has 21 heavy (non-hydrogen) atoms. The van der Waals surface area contributed by atoms with Gasteiger partial charge in [0.1, 0.15) is 0 Å². The van der Waals surface area contributed by atoms with Crippen LogP contribution in [0.3, 0.4) is 0 Å². The van der Waals surface area contributed by atoms with Crippen molar-refractivity contribution in [3.63, 3.8) is 0 Å². The molecular weight excluding hydrogens is 260 g/mol. The van der Waals surface area contributed by atoms with E-state index in [4.69, 9.17) is 0 Å². The van der Waals surface area contributed by atoms with Gasteiger partial charge in [0, 0.05) is 31.9 Å². The van der Waals surface area contributed by atoms with Crippen molar-refractivity contribution in [3.05, 3.63) is 29.8 Å². The van der Waals surface area contributed by atoms with Gasteiger partial charge in [0.25, 0.3) is 0 Å². The van der Waals surface area contributed by atoms with E-state index in [1.165, 1.54) is 30.5 Å². The molecule has 2 aliphatic rings. The zero-order chi connectivity index (χ0) is 14.7. The van der Waals surface area contributed by atoms with Crippen LogP contribution in [-0.2, 0) is 0 Å². The Morgan fingerprint density at radius 2 is 1.95 bits per heavy atom. The third-order valence-corrected chi connectivity index (χ3v) is 5.17. The minimum Gasteiger partial charge on any atom is -0.393 e. The van der Waals surface area contributed by atoms with Gasteiger partial charge in [-0.15, -0.1) is 0 Å². The molecule has 3 nitrogen and oxygen atoms in total. The molecule has 1 aromatic rings. The zero-order valence-electron chi connectivity index (χ0n) is 13.2. The fourth-order valence-electron chi connectivity index (χ4n) is 3.76. The number of anilines is 1. The summed E-state index contributed by atoms with van der Waals surface area (Å²) < 4.78 is 0. The van der Waals surface area contributed by atoms with E-state index in [0.29, 0.717) is 5.92 Å². The van der Waals surface area contributed by atoms with E-state index in [0.717, 1.165) is 39.1 Å². The van der Waals surface area contributed by atoms with Crippen LogP contribution in [0.25, 0.3) is 0 Å². The molecule has 116 valence electrons. The van der Waals surface area contributed by atoms with Gasteiger partial charge in [-0.25, -0.2) is 0 Å². The standard InChI is InChI=1S/C18H28N2O/c1-15-4-2-6-17(14-15)20-12-10-19(11-13-20)9-8-16-5-3-7-18(16)21/h2,4,6,14,16,18,21H,3,5,7-13H2,1H3. The molecule has 1 saturated carbocycles. The molecule has 0 amide bonds. The normalized spacial score (nSPS) is 27.2. The second-order valence-corrected chi connectivity index (χ2v) is 6.71. The molecule has 3 heteroatoms. The van der Waals surface area contributed by atoms with Crippen LogP contribution in [-0.4, -0.2) is 48.8 Å². The summed E-state index contributed by atoms with van der Waals surface area (Å²) in [4.78, 5) is 5.06. The van der Waals surface area contributed by atoms with Gasteiger partial charge in [0.05, 0.1) is 6.10 Å². The monoisotopic (exact) mass is 288 g/mol. The molecule has 1 aromatic carbocycles. The average molecular weight is 288 g/mol. The van der Waals surface area contributed by atoms with Crippen molar-refractivity contribution in [2.75, 3.05) is 37.6 Å². The lowest BCUT2D eigenvalue weighted by molar-refractivity contribution is 0.117. The van der Waals surface area contributed by atoms with Crippen LogP contribution in [0, 0.1) is 12.8 Å². The smallest absolute Gasteiger partial charge is 0.0568 e. The molecule has 1 heterocycles. The molecule has 2 fully saturated rings. The van der Waals surface area contributed by atoms with E-state index < -0.39 is 0 Å². The Morgan fingerprint density at radius 3 is 2.62 bits per heavy atom. The van der Waals surface area contributed by atoms with Crippen LogP contribution in [0.5, 0.6) is 0 Å². The van der Waals surface area contributed by atoms with E-state index in [-0.39, 0.29) is 6.10 Å². The number of hydrogen-bond donors (Lipinski definition) is 1. The summed E-state index contributed by atoms with van der Waals surface area (Å²) in [6.07, 6.45) is 4.60. The third kappa shape index (κ3) is 3.78. The van der Waals surface area contributed by atoms with E-state index in [1.54, 1.807) is 0 Å². The molecule has 2 unspecified atom stereocenters. The Hall–Kier alpha value is -1.06. The predicted octanol–water partition coefficient (Wildman–Crippen LogP) is 2.67. The Labute approximate surface area is 128 Å². The van der Waals surface area contributed by atoms with Crippen LogP contribution in [0.2, 0.25) is 0 Å². The van der Waals surface area contributed by atoms with Gasteiger partial charge in [-0.2, -0.15) is 0 Å². The summed E-state index contributed by atoms with van der Waals surface area (Å²) >= 11 is 0. The average Bonchev–Trinajstić information content (AvgIpc) is 2.91. The quantitative estimate of drug-likeness (QED) is 0.923. The molecule has 1 aliphatic carbocycles. The van der Waals surface area contributed by atoms with Crippen LogP contribution in [0.4, 0.5) is 5.69 Å². The highest BCUT2D eigenvalue weighted by molar-refractivity contribution is 5.48. The first-order valence-electron chi connectivity index (χ1n) is 8.44. The van der Waals surface area contributed by atoms with E-state index >= 15 is 0 Å². The highest BCUT2D eigenvalue weighted by Crippen LogP contribution is 2.28. The summed E-state index contributed by atoms with van der Waals surface area (Å²) in [5, 5.41) is 9.91. The fourth-order valence-corrected chi connectivity index (χ4v) is 3.76. The molecule has 0 radical (unpaired) electrons. The van der Waals surface area contributed by atoms with Crippen molar-refractivity contribution in [2.24, 2.45) is 5.92 Å². The Morgan fingerprint density at radius 1 is 1.14 bits per heavy atom. The van der Waals surface area contributed by atoms with E-state index in [9.17, 15) is 5.11 Å². The van der Waals surface area contributed by atoms with Crippen molar-refractivity contribution in [1.29, 1.82) is 0 Å². The van der Waals surface area contributed by atoms with E-state index in [1.807, 2.05) is 0 Å². The van der Waals surface area contributed by atoms with Gasteiger partial charge >= 0.3 is 0 Å². The number of hydrogen-bond acceptors (Lipinski definition) is 3. The Bertz CT molecular complexity index is 454. The number of piperazine rings is 1. The van der Waals surface area contributed by atoms with Gasteiger partial charge in [-0.1, -0.05) is 18.6 Å². The summed E-state index contributed by atoms with van der Waals surface area (Å²) in [6.45, 7) is 7.86. The zero-order valence-corrected chi connectivity index (χ0v) is 13.2. The minimum absolute atomic E-state index is 0.0291. The lowest BCUT2D eigenvalue weighted by Gasteiger charge is -2.36. The third-order valence-electron chi connectivity index (χ3n) is 5.17. The summed E-state index contributed by atoms with van der Waals surface area (Å²) in [7, 11) is 0. The molecular formula is C18H28N2O. The number of aliphatic hydroxyl groups is 1. The van der Waals surface area contributed by atoms with Crippen molar-refractivity contribution in [3.8, 4) is 0 Å². The SMILES string of the molecule is Cc1cccc(N2CCN(CCC3CCCC3O)CC2)c1. The van der Waals surface area contributed by atoms with Crippen molar-refractivity contribution < 1.29 is 5.11 Å². The second kappa shape index (κ2) is 6.80. The van der Waals surface area contributed by atoms with Gasteiger partial charge in [-0.05, 0) is 56.3 Å². The lowest BCUT2D eigenvalue weighted by Crippen LogP contribution is -2.47. The molecule has 1 saturated heterocycles. The van der Waals surface area contributed by atoms with Crippen LogP contribution in [0.1, 0.15) is 31.2 Å². The minimum atomic E-state index is -0.0291. The molecule has 1 aliphatic heterocycles. The van der Waals surface area contributed by atoms with Gasteiger partial charge in [0.15, 0.2) is 0 Å². The first kappa shape index (κ1) is 14.9. The molecule has 0 aromatic heterocycles. The number of nitrogens with zero attached hydrogens (tertiary/aromatic N) is 2. The Balaban J connectivity index is 1.44. The van der Waals surface area contributed by atoms with Crippen LogP contribution < -0.4 is 4.90 Å². The molecule has 0 spiro atoms. The largest absolute Gasteiger partial charge is 0.393 e. The van der Waals surface area contributed by atoms with Crippen LogP contribution >= 0.6 is 0 Å². The molecule has 1 N–H and O–H groups in total. The summed E-state index contributed by atoms with van der Waals surface area (Å²) in [5.74, 6) is 0.555. The highest BCUT2D eigenvalue weighted by atomic mass is 16.3. The van der Waals surface area contributed by atoms with Gasteiger partial charge in [0.2, 0.25) is 0 Å². The van der Waals surface area contributed by atoms with Gasteiger partial charge < -0.3 is 10.0 Å². The number of aliphatic hydroxyl groups excluding tert-OH is 1. The maximum absolute atomic E-state index is 9.91. The van der Waals surface area contributed by atoms with Crippen molar-refractivity contribution in [1.82, 2.24) is 4.90 Å². The topological polar surface area (TPSA) is 26.7 Å². The maximum atomic E-state index is 9.91. The predicted molar refractivity (Wildman–Crippen MR) is 87.8 cm³/mol. The lowest BCUT2D eigenvalue weighted by atomic mass is 10.0. The summed E-state index contributed by atoms with van der Waals surface area (Å²) in [5.41, 5.74) is 2.70. The summed E-state index contributed by atoms with van der Waals surface area (Å²) in [6, 6.07) is 8.81. The van der Waals surface area contributed by atoms with Crippen molar-refractivity contribution >= 4 is 5.69 Å².